The molecule has 0 aromatic carbocycles. The zero-order valence-corrected chi connectivity index (χ0v) is 13.6. The van der Waals surface area contributed by atoms with Crippen molar-refractivity contribution in [1.82, 2.24) is 0 Å². The quantitative estimate of drug-likeness (QED) is 0.742. The van der Waals surface area contributed by atoms with Gasteiger partial charge in [0.2, 0.25) is 0 Å². The van der Waals surface area contributed by atoms with Crippen molar-refractivity contribution in [3.05, 3.63) is 0 Å². The van der Waals surface area contributed by atoms with Gasteiger partial charge in [-0.1, -0.05) is 20.8 Å². The van der Waals surface area contributed by atoms with Crippen LogP contribution in [0.15, 0.2) is 0 Å². The highest BCUT2D eigenvalue weighted by atomic mass is 16.9. The maximum Gasteiger partial charge on any atom is 0.190 e. The lowest BCUT2D eigenvalue weighted by Gasteiger charge is -2.36. The molecule has 20 heavy (non-hydrogen) atoms. The van der Waals surface area contributed by atoms with Crippen LogP contribution < -0.4 is 0 Å². The molecule has 3 saturated heterocycles. The molecule has 3 heterocycles. The smallest absolute Gasteiger partial charge is 0.190 e. The van der Waals surface area contributed by atoms with Crippen LogP contribution in [0.5, 0.6) is 0 Å². The third-order valence-electron chi connectivity index (χ3n) is 3.65. The van der Waals surface area contributed by atoms with Gasteiger partial charge < -0.3 is 23.7 Å². The average Bonchev–Trinajstić information content (AvgIpc) is 2.85. The number of ether oxygens (including phenoxy) is 5. The molecular weight excluding hydrogens is 260 g/mol. The van der Waals surface area contributed by atoms with Crippen LogP contribution in [0.2, 0.25) is 0 Å². The second kappa shape index (κ2) is 5.54. The first-order valence-electron chi connectivity index (χ1n) is 7.68. The number of fused-ring (bicyclic) bond motifs is 3. The second-order valence-electron chi connectivity index (χ2n) is 6.12. The standard InChI is InChI=1S/C13H22O5.C2H6/c1-6-7-8-9(16-12(2,3)15-8)10-11(14-7)18-13(4,5)17-10;1-2/h7-11H,6H2,1-5H3;1-2H3. The molecule has 0 aromatic rings. The SMILES string of the molecule is CC.CCC1OC2OC(C)(C)OC2C2OC(C)(C)OC12. The van der Waals surface area contributed by atoms with Gasteiger partial charge in [0.1, 0.15) is 18.3 Å². The summed E-state index contributed by atoms with van der Waals surface area (Å²) in [7, 11) is 0. The molecule has 0 spiro atoms. The molecule has 3 fully saturated rings. The Balaban J connectivity index is 0.000000704. The van der Waals surface area contributed by atoms with Crippen molar-refractivity contribution in [2.24, 2.45) is 0 Å². The van der Waals surface area contributed by atoms with E-state index >= 15 is 0 Å². The third kappa shape index (κ3) is 2.88. The van der Waals surface area contributed by atoms with E-state index in [1.165, 1.54) is 0 Å². The first-order chi connectivity index (χ1) is 9.31. The van der Waals surface area contributed by atoms with Crippen molar-refractivity contribution in [1.29, 1.82) is 0 Å². The summed E-state index contributed by atoms with van der Waals surface area (Å²) in [5.41, 5.74) is 0. The average molecular weight is 288 g/mol. The highest BCUT2D eigenvalue weighted by Crippen LogP contribution is 2.44. The molecule has 0 saturated carbocycles. The van der Waals surface area contributed by atoms with Gasteiger partial charge in [-0.05, 0) is 34.1 Å². The van der Waals surface area contributed by atoms with Crippen LogP contribution >= 0.6 is 0 Å². The van der Waals surface area contributed by atoms with Gasteiger partial charge in [0.05, 0.1) is 6.10 Å². The van der Waals surface area contributed by atoms with Crippen LogP contribution in [0, 0.1) is 0 Å². The molecule has 5 unspecified atom stereocenters. The Kier molecular flexibility index (Phi) is 4.48. The Morgan fingerprint density at radius 2 is 1.25 bits per heavy atom. The Labute approximate surface area is 121 Å². The first kappa shape index (κ1) is 16.2. The lowest BCUT2D eigenvalue weighted by molar-refractivity contribution is -0.234. The van der Waals surface area contributed by atoms with Crippen LogP contribution in [0.25, 0.3) is 0 Å². The highest BCUT2D eigenvalue weighted by Gasteiger charge is 2.60. The maximum absolute atomic E-state index is 5.98. The van der Waals surface area contributed by atoms with E-state index in [1.54, 1.807) is 0 Å². The van der Waals surface area contributed by atoms with Gasteiger partial charge in [0.15, 0.2) is 17.9 Å². The fourth-order valence-corrected chi connectivity index (χ4v) is 3.02. The molecule has 118 valence electrons. The van der Waals surface area contributed by atoms with Crippen molar-refractivity contribution >= 4 is 0 Å². The van der Waals surface area contributed by atoms with Gasteiger partial charge in [0.25, 0.3) is 0 Å². The normalized spacial score (nSPS) is 44.2. The monoisotopic (exact) mass is 288 g/mol. The van der Waals surface area contributed by atoms with E-state index < -0.39 is 11.6 Å². The molecular formula is C15H28O5. The lowest BCUT2D eigenvalue weighted by atomic mass is 9.97. The van der Waals surface area contributed by atoms with Crippen molar-refractivity contribution in [3.63, 3.8) is 0 Å². The molecule has 3 aliphatic heterocycles. The molecule has 0 radical (unpaired) electrons. The van der Waals surface area contributed by atoms with Crippen LogP contribution in [0.3, 0.4) is 0 Å². The Hall–Kier alpha value is -0.200. The molecule has 5 heteroatoms. The van der Waals surface area contributed by atoms with E-state index in [2.05, 4.69) is 6.92 Å². The summed E-state index contributed by atoms with van der Waals surface area (Å²) in [5.74, 6) is -1.21. The van der Waals surface area contributed by atoms with Gasteiger partial charge >= 0.3 is 0 Å². The summed E-state index contributed by atoms with van der Waals surface area (Å²) in [6.07, 6.45) is 0.0937. The van der Waals surface area contributed by atoms with Gasteiger partial charge in [-0.3, -0.25) is 0 Å². The lowest BCUT2D eigenvalue weighted by Crippen LogP contribution is -2.54. The van der Waals surface area contributed by atoms with E-state index in [-0.39, 0.29) is 30.7 Å². The largest absolute Gasteiger partial charge is 0.344 e. The summed E-state index contributed by atoms with van der Waals surface area (Å²) in [6.45, 7) is 13.7. The van der Waals surface area contributed by atoms with Crippen LogP contribution in [-0.4, -0.2) is 42.3 Å². The number of hydrogen-bond donors (Lipinski definition) is 0. The fourth-order valence-electron chi connectivity index (χ4n) is 3.02. The number of hydrogen-bond acceptors (Lipinski definition) is 5. The van der Waals surface area contributed by atoms with Crippen molar-refractivity contribution in [2.45, 2.75) is 97.2 Å². The Bertz CT molecular complexity index is 341. The van der Waals surface area contributed by atoms with Crippen molar-refractivity contribution < 1.29 is 23.7 Å². The Morgan fingerprint density at radius 1 is 0.750 bits per heavy atom. The molecule has 0 bridgehead atoms. The summed E-state index contributed by atoms with van der Waals surface area (Å²) in [6, 6.07) is 0. The molecule has 5 nitrogen and oxygen atoms in total. The van der Waals surface area contributed by atoms with Crippen LogP contribution in [-0.2, 0) is 23.7 Å². The molecule has 0 aliphatic carbocycles. The number of rotatable bonds is 1. The second-order valence-corrected chi connectivity index (χ2v) is 6.12. The zero-order valence-electron chi connectivity index (χ0n) is 13.6. The van der Waals surface area contributed by atoms with E-state index in [0.717, 1.165) is 6.42 Å². The van der Waals surface area contributed by atoms with Gasteiger partial charge in [-0.15, -0.1) is 0 Å². The van der Waals surface area contributed by atoms with E-state index in [9.17, 15) is 0 Å². The Morgan fingerprint density at radius 3 is 1.85 bits per heavy atom. The van der Waals surface area contributed by atoms with Gasteiger partial charge in [-0.2, -0.15) is 0 Å². The highest BCUT2D eigenvalue weighted by molar-refractivity contribution is 4.99. The summed E-state index contributed by atoms with van der Waals surface area (Å²) in [4.78, 5) is 0. The van der Waals surface area contributed by atoms with Crippen molar-refractivity contribution in [2.75, 3.05) is 0 Å². The van der Waals surface area contributed by atoms with E-state index in [0.29, 0.717) is 0 Å². The van der Waals surface area contributed by atoms with E-state index in [4.69, 9.17) is 23.7 Å². The fraction of sp³-hybridized carbons (Fsp3) is 1.00. The van der Waals surface area contributed by atoms with E-state index in [1.807, 2.05) is 41.5 Å². The molecule has 3 aliphatic rings. The zero-order chi connectivity index (χ0) is 15.1. The van der Waals surface area contributed by atoms with Gasteiger partial charge in [-0.25, -0.2) is 0 Å². The molecule has 5 atom stereocenters. The minimum atomic E-state index is -0.626. The maximum atomic E-state index is 5.98. The predicted octanol–water partition coefficient (Wildman–Crippen LogP) is 2.82. The molecule has 0 aromatic heterocycles. The summed E-state index contributed by atoms with van der Waals surface area (Å²) < 4.78 is 29.6. The summed E-state index contributed by atoms with van der Waals surface area (Å²) >= 11 is 0. The minimum Gasteiger partial charge on any atom is -0.344 e. The molecule has 0 amide bonds. The molecule has 0 N–H and O–H groups in total. The first-order valence-corrected chi connectivity index (χ1v) is 7.68. The topological polar surface area (TPSA) is 46.2 Å². The minimum absolute atomic E-state index is 0.00414. The van der Waals surface area contributed by atoms with Crippen LogP contribution in [0.4, 0.5) is 0 Å². The van der Waals surface area contributed by atoms with Crippen molar-refractivity contribution in [3.8, 4) is 0 Å². The van der Waals surface area contributed by atoms with Gasteiger partial charge in [0, 0.05) is 0 Å². The van der Waals surface area contributed by atoms with Crippen LogP contribution in [0.1, 0.15) is 54.9 Å². The molecule has 3 rings (SSSR count). The third-order valence-corrected chi connectivity index (χ3v) is 3.65. The predicted molar refractivity (Wildman–Crippen MR) is 74.2 cm³/mol. The summed E-state index contributed by atoms with van der Waals surface area (Å²) in [5, 5.41) is 0.